The largest absolute Gasteiger partial charge is 0.573 e. The second kappa shape index (κ2) is 11.8. The fourth-order valence-corrected chi connectivity index (χ4v) is 4.32. The van der Waals surface area contributed by atoms with E-state index in [0.29, 0.717) is 6.04 Å². The molecule has 2 aliphatic heterocycles. The third kappa shape index (κ3) is 7.65. The van der Waals surface area contributed by atoms with Gasteiger partial charge in [-0.1, -0.05) is 20.8 Å². The maximum Gasteiger partial charge on any atom is 0.573 e. The summed E-state index contributed by atoms with van der Waals surface area (Å²) in [5.74, 6) is 0.575. The molecule has 172 valence electrons. The van der Waals surface area contributed by atoms with Crippen molar-refractivity contribution in [2.24, 2.45) is 5.92 Å². The van der Waals surface area contributed by atoms with Crippen LogP contribution in [0.15, 0.2) is 24.3 Å². The van der Waals surface area contributed by atoms with Crippen molar-refractivity contribution in [2.75, 3.05) is 50.7 Å². The number of hydrogen-bond donors (Lipinski definition) is 0. The highest BCUT2D eigenvalue weighted by atomic mass is 19.4. The SMILES string of the molecule is CC.CCC(C)N1CCCC(CN2CCN(c3ccc(OC(F)(F)F)cc3)CC2)C1. The molecular weight excluding hydrogens is 391 g/mol. The van der Waals surface area contributed by atoms with Crippen LogP contribution in [0.1, 0.15) is 47.0 Å². The van der Waals surface area contributed by atoms with Gasteiger partial charge in [-0.25, -0.2) is 0 Å². The number of likely N-dealkylation sites (tertiary alicyclic amines) is 1. The molecule has 0 spiro atoms. The van der Waals surface area contributed by atoms with Crippen LogP contribution in [0, 0.1) is 5.92 Å². The quantitative estimate of drug-likeness (QED) is 0.615. The Morgan fingerprint density at radius 1 is 1.03 bits per heavy atom. The fraction of sp³-hybridized carbons (Fsp3) is 0.739. The van der Waals surface area contributed by atoms with Gasteiger partial charge in [-0.3, -0.25) is 4.90 Å². The third-order valence-electron chi connectivity index (χ3n) is 6.09. The molecule has 0 aliphatic carbocycles. The zero-order chi connectivity index (χ0) is 22.1. The number of piperazine rings is 1. The molecule has 0 N–H and O–H groups in total. The minimum atomic E-state index is -4.64. The van der Waals surface area contributed by atoms with E-state index in [1.165, 1.54) is 44.5 Å². The lowest BCUT2D eigenvalue weighted by Gasteiger charge is -2.41. The number of nitrogens with zero attached hydrogens (tertiary/aromatic N) is 3. The summed E-state index contributed by atoms with van der Waals surface area (Å²) in [5, 5.41) is 0. The van der Waals surface area contributed by atoms with Gasteiger partial charge in [0.25, 0.3) is 0 Å². The first kappa shape index (κ1) is 24.8. The molecule has 2 saturated heterocycles. The number of benzene rings is 1. The van der Waals surface area contributed by atoms with E-state index in [9.17, 15) is 13.2 Å². The van der Waals surface area contributed by atoms with Gasteiger partial charge in [0.2, 0.25) is 0 Å². The van der Waals surface area contributed by atoms with Crippen LogP contribution in [0.25, 0.3) is 0 Å². The molecule has 7 heteroatoms. The van der Waals surface area contributed by atoms with E-state index in [1.54, 1.807) is 12.1 Å². The number of anilines is 1. The lowest BCUT2D eigenvalue weighted by molar-refractivity contribution is -0.274. The first-order valence-corrected chi connectivity index (χ1v) is 11.4. The van der Waals surface area contributed by atoms with Gasteiger partial charge in [0.1, 0.15) is 5.75 Å². The molecule has 1 aromatic rings. The highest BCUT2D eigenvalue weighted by Gasteiger charge is 2.31. The number of alkyl halides is 3. The maximum absolute atomic E-state index is 12.3. The Morgan fingerprint density at radius 2 is 1.67 bits per heavy atom. The molecule has 2 aliphatic rings. The van der Waals surface area contributed by atoms with E-state index < -0.39 is 6.36 Å². The number of halogens is 3. The van der Waals surface area contributed by atoms with E-state index in [4.69, 9.17) is 0 Å². The summed E-state index contributed by atoms with van der Waals surface area (Å²) in [4.78, 5) is 7.41. The van der Waals surface area contributed by atoms with Crippen molar-refractivity contribution in [3.8, 4) is 5.75 Å². The molecule has 0 saturated carbocycles. The van der Waals surface area contributed by atoms with Gasteiger partial charge < -0.3 is 14.5 Å². The fourth-order valence-electron chi connectivity index (χ4n) is 4.32. The van der Waals surface area contributed by atoms with Crippen LogP contribution < -0.4 is 9.64 Å². The first-order chi connectivity index (χ1) is 14.3. The lowest BCUT2D eigenvalue weighted by atomic mass is 9.95. The van der Waals surface area contributed by atoms with Gasteiger partial charge >= 0.3 is 6.36 Å². The molecule has 30 heavy (non-hydrogen) atoms. The lowest BCUT2D eigenvalue weighted by Crippen LogP contribution is -2.50. The minimum absolute atomic E-state index is 0.168. The number of ether oxygens (including phenoxy) is 1. The highest BCUT2D eigenvalue weighted by Crippen LogP contribution is 2.26. The van der Waals surface area contributed by atoms with Crippen molar-refractivity contribution in [1.82, 2.24) is 9.80 Å². The second-order valence-corrected chi connectivity index (χ2v) is 8.09. The van der Waals surface area contributed by atoms with Crippen LogP contribution in [0.2, 0.25) is 0 Å². The summed E-state index contributed by atoms with van der Waals surface area (Å²) >= 11 is 0. The van der Waals surface area contributed by atoms with Gasteiger partial charge in [0.15, 0.2) is 0 Å². The predicted octanol–water partition coefficient (Wildman–Crippen LogP) is 5.24. The molecular formula is C23H38F3N3O. The molecule has 0 bridgehead atoms. The average Bonchev–Trinajstić information content (AvgIpc) is 2.75. The van der Waals surface area contributed by atoms with Crippen molar-refractivity contribution >= 4 is 5.69 Å². The molecule has 1 aromatic carbocycles. The normalized spacial score (nSPS) is 22.2. The van der Waals surface area contributed by atoms with Crippen molar-refractivity contribution < 1.29 is 17.9 Å². The monoisotopic (exact) mass is 429 g/mol. The first-order valence-electron chi connectivity index (χ1n) is 11.4. The standard InChI is InChI=1S/C21H32F3N3O.C2H6/c1-3-17(2)27-10-4-5-18(16-27)15-25-11-13-26(14-12-25)19-6-8-20(9-7-19)28-21(22,23)24;1-2/h6-9,17-18H,3-5,10-16H2,1-2H3;1-2H3. The Labute approximate surface area is 180 Å². The van der Waals surface area contributed by atoms with Crippen molar-refractivity contribution in [1.29, 1.82) is 0 Å². The Kier molecular flexibility index (Phi) is 9.75. The molecule has 2 atom stereocenters. The second-order valence-electron chi connectivity index (χ2n) is 8.09. The van der Waals surface area contributed by atoms with Crippen molar-refractivity contribution in [2.45, 2.75) is 59.4 Å². The van der Waals surface area contributed by atoms with Crippen LogP contribution in [0.5, 0.6) is 5.75 Å². The van der Waals surface area contributed by atoms with E-state index in [1.807, 2.05) is 13.8 Å². The van der Waals surface area contributed by atoms with E-state index >= 15 is 0 Å². The topological polar surface area (TPSA) is 19.0 Å². The van der Waals surface area contributed by atoms with Crippen molar-refractivity contribution in [3.05, 3.63) is 24.3 Å². The summed E-state index contributed by atoms with van der Waals surface area (Å²) < 4.78 is 40.8. The molecule has 3 rings (SSSR count). The number of piperidine rings is 1. The number of rotatable bonds is 6. The zero-order valence-corrected chi connectivity index (χ0v) is 18.9. The van der Waals surface area contributed by atoms with E-state index in [2.05, 4.69) is 33.3 Å². The Hall–Kier alpha value is -1.47. The Balaban J connectivity index is 0.00000155. The molecule has 0 amide bonds. The third-order valence-corrected chi connectivity index (χ3v) is 6.09. The summed E-state index contributed by atoms with van der Waals surface area (Å²) in [6, 6.07) is 6.87. The molecule has 2 heterocycles. The summed E-state index contributed by atoms with van der Waals surface area (Å²) in [6.45, 7) is 16.0. The van der Waals surface area contributed by atoms with Crippen LogP contribution in [-0.2, 0) is 0 Å². The highest BCUT2D eigenvalue weighted by molar-refractivity contribution is 5.49. The van der Waals surface area contributed by atoms with Gasteiger partial charge in [0.05, 0.1) is 0 Å². The number of hydrogen-bond acceptors (Lipinski definition) is 4. The van der Waals surface area contributed by atoms with Gasteiger partial charge in [-0.15, -0.1) is 13.2 Å². The summed E-state index contributed by atoms with van der Waals surface area (Å²) in [5.41, 5.74) is 0.954. The molecule has 0 aromatic heterocycles. The van der Waals surface area contributed by atoms with Crippen LogP contribution in [-0.4, -0.2) is 68.0 Å². The van der Waals surface area contributed by atoms with Crippen LogP contribution in [0.4, 0.5) is 18.9 Å². The maximum atomic E-state index is 12.3. The van der Waals surface area contributed by atoms with Crippen LogP contribution >= 0.6 is 0 Å². The van der Waals surface area contributed by atoms with Gasteiger partial charge in [-0.2, -0.15) is 0 Å². The molecule has 0 radical (unpaired) electrons. The Morgan fingerprint density at radius 3 is 2.23 bits per heavy atom. The van der Waals surface area contributed by atoms with Gasteiger partial charge in [-0.05, 0) is 62.9 Å². The summed E-state index contributed by atoms with van der Waals surface area (Å²) in [6.07, 6.45) is -0.829. The van der Waals surface area contributed by atoms with E-state index in [0.717, 1.165) is 44.3 Å². The van der Waals surface area contributed by atoms with Crippen molar-refractivity contribution in [3.63, 3.8) is 0 Å². The van der Waals surface area contributed by atoms with Crippen LogP contribution in [0.3, 0.4) is 0 Å². The predicted molar refractivity (Wildman–Crippen MR) is 117 cm³/mol. The summed E-state index contributed by atoms with van der Waals surface area (Å²) in [7, 11) is 0. The van der Waals surface area contributed by atoms with E-state index in [-0.39, 0.29) is 5.75 Å². The zero-order valence-electron chi connectivity index (χ0n) is 18.9. The van der Waals surface area contributed by atoms with Gasteiger partial charge in [0, 0.05) is 51.0 Å². The minimum Gasteiger partial charge on any atom is -0.406 e. The average molecular weight is 430 g/mol. The molecule has 2 unspecified atom stereocenters. The molecule has 2 fully saturated rings. The Bertz CT molecular complexity index is 601. The molecule has 4 nitrogen and oxygen atoms in total. The smallest absolute Gasteiger partial charge is 0.406 e.